The Balaban J connectivity index is 1.25. The molecule has 5 rings (SSSR count). The maximum Gasteiger partial charge on any atom is 0.252 e. The highest BCUT2D eigenvalue weighted by molar-refractivity contribution is 5.93. The van der Waals surface area contributed by atoms with Crippen LogP contribution in [0.3, 0.4) is 0 Å². The van der Waals surface area contributed by atoms with Crippen molar-refractivity contribution in [3.63, 3.8) is 0 Å². The molecule has 0 aliphatic heterocycles. The number of carbonyl (C=O) groups excluding carboxylic acids is 1. The van der Waals surface area contributed by atoms with E-state index in [2.05, 4.69) is 37.1 Å². The number of hydrogen-bond donors (Lipinski definition) is 2. The van der Waals surface area contributed by atoms with E-state index in [1.165, 1.54) is 32.1 Å². The number of carbonyl (C=O) groups is 1. The fourth-order valence-electron chi connectivity index (χ4n) is 8.69. The minimum atomic E-state index is -0.129. The number of aliphatic hydroxyl groups is 1. The molecule has 1 aromatic heterocycles. The van der Waals surface area contributed by atoms with Crippen LogP contribution in [0.4, 0.5) is 0 Å². The lowest BCUT2D eigenvalue weighted by Crippen LogP contribution is -2.51. The number of ether oxygens (including phenoxy) is 1. The third-order valence-corrected chi connectivity index (χ3v) is 10.6. The molecule has 0 radical (unpaired) electrons. The van der Waals surface area contributed by atoms with Crippen LogP contribution in [0.5, 0.6) is 5.88 Å². The van der Waals surface area contributed by atoms with Crippen molar-refractivity contribution in [3.8, 4) is 5.88 Å². The Morgan fingerprint density at radius 3 is 2.76 bits per heavy atom. The lowest BCUT2D eigenvalue weighted by atomic mass is 9.47. The second kappa shape index (κ2) is 8.96. The molecule has 4 aliphatic rings. The quantitative estimate of drug-likeness (QED) is 0.570. The van der Waals surface area contributed by atoms with Crippen molar-refractivity contribution in [3.05, 3.63) is 35.5 Å². The zero-order valence-corrected chi connectivity index (χ0v) is 21.3. The number of amides is 1. The van der Waals surface area contributed by atoms with Gasteiger partial charge in [-0.3, -0.25) is 4.79 Å². The maximum atomic E-state index is 11.7. The molecule has 1 heterocycles. The lowest BCUT2D eigenvalue weighted by Gasteiger charge is -2.58. The second-order valence-electron chi connectivity index (χ2n) is 12.1. The normalized spacial score (nSPS) is 39.8. The molecule has 186 valence electrons. The first-order valence-electron chi connectivity index (χ1n) is 13.4. The monoisotopic (exact) mass is 466 g/mol. The number of rotatable bonds is 5. The van der Waals surface area contributed by atoms with E-state index in [1.54, 1.807) is 31.0 Å². The van der Waals surface area contributed by atoms with Gasteiger partial charge in [0, 0.05) is 19.3 Å². The molecule has 1 unspecified atom stereocenters. The molecule has 5 heteroatoms. The predicted octanol–water partition coefficient (Wildman–Crippen LogP) is 5.40. The molecular weight excluding hydrogens is 424 g/mol. The minimum absolute atomic E-state index is 0.129. The summed E-state index contributed by atoms with van der Waals surface area (Å²) in [6.45, 7) is 8.11. The topological polar surface area (TPSA) is 71.5 Å². The Bertz CT molecular complexity index is 943. The Morgan fingerprint density at radius 1 is 1.21 bits per heavy atom. The minimum Gasteiger partial charge on any atom is -0.477 e. The van der Waals surface area contributed by atoms with Crippen molar-refractivity contribution in [2.45, 2.75) is 78.2 Å². The summed E-state index contributed by atoms with van der Waals surface area (Å²) >= 11 is 0. The molecule has 34 heavy (non-hydrogen) atoms. The van der Waals surface area contributed by atoms with E-state index in [9.17, 15) is 9.90 Å². The Hall–Kier alpha value is -1.88. The van der Waals surface area contributed by atoms with Gasteiger partial charge in [-0.2, -0.15) is 0 Å². The smallest absolute Gasteiger partial charge is 0.252 e. The molecule has 0 spiro atoms. The summed E-state index contributed by atoms with van der Waals surface area (Å²) < 4.78 is 6.10. The van der Waals surface area contributed by atoms with E-state index in [1.807, 2.05) is 0 Å². The number of aliphatic hydroxyl groups excluding tert-OH is 1. The number of pyridine rings is 1. The number of hydrogen-bond acceptors (Lipinski definition) is 4. The molecular formula is C29H42N2O3. The van der Waals surface area contributed by atoms with Gasteiger partial charge in [-0.25, -0.2) is 4.98 Å². The van der Waals surface area contributed by atoms with Crippen LogP contribution in [-0.4, -0.2) is 35.8 Å². The number of nitrogens with one attached hydrogen (secondary N) is 1. The van der Waals surface area contributed by atoms with E-state index < -0.39 is 0 Å². The Labute approximate surface area is 204 Å². The van der Waals surface area contributed by atoms with E-state index in [0.717, 1.165) is 37.0 Å². The summed E-state index contributed by atoms with van der Waals surface area (Å²) in [6, 6.07) is 3.57. The molecule has 5 nitrogen and oxygen atoms in total. The lowest BCUT2D eigenvalue weighted by molar-refractivity contribution is -0.0592. The molecule has 0 saturated heterocycles. The second-order valence-corrected chi connectivity index (χ2v) is 12.1. The van der Waals surface area contributed by atoms with Gasteiger partial charge in [0.2, 0.25) is 5.88 Å². The average Bonchev–Trinajstić information content (AvgIpc) is 3.20. The van der Waals surface area contributed by atoms with E-state index in [-0.39, 0.29) is 12.0 Å². The van der Waals surface area contributed by atoms with Gasteiger partial charge in [-0.15, -0.1) is 0 Å². The standard InChI is InChI=1S/C29H42N2O3/c1-18(17-34-26-10-5-19(16-31-26)27(33)30-4)23-8-9-24-22-7-6-20-15-21(32)11-13-28(20,2)25(22)12-14-29(23,24)3/h5-6,10,16,18,21-25,32H,7-9,11-15,17H2,1-4H3,(H,30,33)/t18?,21-,22-,23+,24-,25-,28-,29+/m0/s1. The van der Waals surface area contributed by atoms with Gasteiger partial charge in [-0.05, 0) is 97.9 Å². The fourth-order valence-corrected chi connectivity index (χ4v) is 8.69. The largest absolute Gasteiger partial charge is 0.477 e. The summed E-state index contributed by atoms with van der Waals surface area (Å²) in [5.41, 5.74) is 2.80. The molecule has 1 aromatic rings. The van der Waals surface area contributed by atoms with Crippen molar-refractivity contribution in [1.29, 1.82) is 0 Å². The van der Waals surface area contributed by atoms with Crippen molar-refractivity contribution >= 4 is 5.91 Å². The van der Waals surface area contributed by atoms with Crippen LogP contribution >= 0.6 is 0 Å². The van der Waals surface area contributed by atoms with Crippen LogP contribution in [-0.2, 0) is 0 Å². The van der Waals surface area contributed by atoms with Crippen molar-refractivity contribution in [2.75, 3.05) is 13.7 Å². The molecule has 3 fully saturated rings. The first kappa shape index (κ1) is 23.8. The first-order chi connectivity index (χ1) is 16.3. The van der Waals surface area contributed by atoms with Crippen LogP contribution in [0, 0.1) is 40.4 Å². The summed E-state index contributed by atoms with van der Waals surface area (Å²) in [5, 5.41) is 12.9. The highest BCUT2D eigenvalue weighted by atomic mass is 16.5. The number of nitrogens with zero attached hydrogens (tertiary/aromatic N) is 1. The molecule has 4 aliphatic carbocycles. The van der Waals surface area contributed by atoms with Crippen LogP contribution in [0.2, 0.25) is 0 Å². The number of fused-ring (bicyclic) bond motifs is 5. The average molecular weight is 467 g/mol. The van der Waals surface area contributed by atoms with Crippen LogP contribution < -0.4 is 10.1 Å². The van der Waals surface area contributed by atoms with Crippen molar-refractivity contribution in [2.24, 2.45) is 40.4 Å². The zero-order chi connectivity index (χ0) is 24.1. The highest BCUT2D eigenvalue weighted by Gasteiger charge is 2.59. The van der Waals surface area contributed by atoms with Gasteiger partial charge < -0.3 is 15.2 Å². The third kappa shape index (κ3) is 3.88. The third-order valence-electron chi connectivity index (χ3n) is 10.6. The number of aromatic nitrogens is 1. The SMILES string of the molecule is CNC(=O)c1ccc(OCC(C)[C@H]2CC[C@H]3[C@@H]4CC=C5C[C@@H](O)CC[C@]5(C)[C@H]4CC[C@]23C)nc1. The van der Waals surface area contributed by atoms with Crippen LogP contribution in [0.1, 0.15) is 82.5 Å². The van der Waals surface area contributed by atoms with Gasteiger partial charge in [0.05, 0.1) is 18.3 Å². The number of allylic oxidation sites excluding steroid dienone is 1. The van der Waals surface area contributed by atoms with Crippen LogP contribution in [0.15, 0.2) is 30.0 Å². The highest BCUT2D eigenvalue weighted by Crippen LogP contribution is 2.67. The summed E-state index contributed by atoms with van der Waals surface area (Å²) in [4.78, 5) is 16.1. The van der Waals surface area contributed by atoms with E-state index >= 15 is 0 Å². The summed E-state index contributed by atoms with van der Waals surface area (Å²) in [7, 11) is 1.62. The van der Waals surface area contributed by atoms with Gasteiger partial charge in [0.15, 0.2) is 0 Å². The summed E-state index contributed by atoms with van der Waals surface area (Å²) in [5.74, 6) is 3.99. The molecule has 2 N–H and O–H groups in total. The Kier molecular flexibility index (Phi) is 6.29. The van der Waals surface area contributed by atoms with Crippen LogP contribution in [0.25, 0.3) is 0 Å². The molecule has 0 bridgehead atoms. The molecule has 8 atom stereocenters. The van der Waals surface area contributed by atoms with Gasteiger partial charge >= 0.3 is 0 Å². The fraction of sp³-hybridized carbons (Fsp3) is 0.724. The summed E-state index contributed by atoms with van der Waals surface area (Å²) in [6.07, 6.45) is 13.5. The van der Waals surface area contributed by atoms with Crippen molar-refractivity contribution < 1.29 is 14.6 Å². The van der Waals surface area contributed by atoms with Gasteiger partial charge in [-0.1, -0.05) is 32.4 Å². The predicted molar refractivity (Wildman–Crippen MR) is 133 cm³/mol. The van der Waals surface area contributed by atoms with Gasteiger partial charge in [0.1, 0.15) is 0 Å². The molecule has 3 saturated carbocycles. The van der Waals surface area contributed by atoms with Crippen molar-refractivity contribution in [1.82, 2.24) is 10.3 Å². The molecule has 0 aromatic carbocycles. The first-order valence-corrected chi connectivity index (χ1v) is 13.4. The Morgan fingerprint density at radius 2 is 2.03 bits per heavy atom. The van der Waals surface area contributed by atoms with E-state index in [0.29, 0.717) is 40.7 Å². The van der Waals surface area contributed by atoms with Gasteiger partial charge in [0.25, 0.3) is 5.91 Å². The van der Waals surface area contributed by atoms with E-state index in [4.69, 9.17) is 4.74 Å². The maximum absolute atomic E-state index is 11.7. The molecule has 1 amide bonds. The zero-order valence-electron chi connectivity index (χ0n) is 21.3.